The Morgan fingerprint density at radius 3 is 1.45 bits per heavy atom. The molecule has 0 aromatic carbocycles. The van der Waals surface area contributed by atoms with Crippen LogP contribution in [0.25, 0.3) is 0 Å². The van der Waals surface area contributed by atoms with Crippen LogP contribution in [0.1, 0.15) is 40.5 Å². The van der Waals surface area contributed by atoms with E-state index in [1.165, 1.54) is 12.8 Å². The Bertz CT molecular complexity index is 104. The third-order valence-electron chi connectivity index (χ3n) is 3.09. The van der Waals surface area contributed by atoms with E-state index in [0.717, 1.165) is 11.8 Å². The molecule has 0 aromatic rings. The van der Waals surface area contributed by atoms with Gasteiger partial charge in [0.15, 0.2) is 0 Å². The van der Waals surface area contributed by atoms with Gasteiger partial charge in [-0.25, -0.2) is 0 Å². The van der Waals surface area contributed by atoms with Gasteiger partial charge in [-0.1, -0.05) is 27.7 Å². The summed E-state index contributed by atoms with van der Waals surface area (Å²) in [4.78, 5) is 0. The van der Waals surface area contributed by atoms with Crippen molar-refractivity contribution in [2.45, 2.75) is 52.7 Å². The second kappa shape index (κ2) is 3.57. The van der Waals surface area contributed by atoms with Gasteiger partial charge < -0.3 is 4.74 Å². The average Bonchev–Trinajstić information content (AvgIpc) is 2.60. The Labute approximate surface area is 70.1 Å². The summed E-state index contributed by atoms with van der Waals surface area (Å²) < 4.78 is 5.70. The molecule has 0 N–H and O–H groups in total. The standard InChI is InChI=1S/C8H14O.C2H6/c1-5-6(2)8-4-3-7(5)9-8;1-2/h5-8H,3-4H2,1-2H3;1-2H3. The molecule has 0 aliphatic carbocycles. The SMILES string of the molecule is CC.CC1C2CCC(O2)C1C. The molecule has 2 aliphatic rings. The highest BCUT2D eigenvalue weighted by atomic mass is 16.5. The monoisotopic (exact) mass is 156 g/mol. The summed E-state index contributed by atoms with van der Waals surface area (Å²) in [7, 11) is 0. The van der Waals surface area contributed by atoms with Crippen LogP contribution in [-0.2, 0) is 4.74 Å². The van der Waals surface area contributed by atoms with Crippen molar-refractivity contribution in [3.05, 3.63) is 0 Å². The molecule has 2 heterocycles. The molecule has 2 rings (SSSR count). The Hall–Kier alpha value is -0.0400. The summed E-state index contributed by atoms with van der Waals surface area (Å²) >= 11 is 0. The Morgan fingerprint density at radius 2 is 1.27 bits per heavy atom. The van der Waals surface area contributed by atoms with Crippen LogP contribution < -0.4 is 0 Å². The van der Waals surface area contributed by atoms with Crippen molar-refractivity contribution >= 4 is 0 Å². The topological polar surface area (TPSA) is 9.23 Å². The number of hydrogen-bond donors (Lipinski definition) is 0. The van der Waals surface area contributed by atoms with Gasteiger partial charge in [0.25, 0.3) is 0 Å². The van der Waals surface area contributed by atoms with E-state index in [4.69, 9.17) is 4.74 Å². The number of hydrogen-bond acceptors (Lipinski definition) is 1. The lowest BCUT2D eigenvalue weighted by molar-refractivity contribution is 0.0897. The fraction of sp³-hybridized carbons (Fsp3) is 1.00. The molecule has 66 valence electrons. The maximum Gasteiger partial charge on any atom is 0.0609 e. The molecular formula is C10H20O. The van der Waals surface area contributed by atoms with E-state index in [2.05, 4.69) is 13.8 Å². The average molecular weight is 156 g/mol. The van der Waals surface area contributed by atoms with Crippen LogP contribution in [-0.4, -0.2) is 12.2 Å². The molecule has 0 radical (unpaired) electrons. The van der Waals surface area contributed by atoms with Gasteiger partial charge in [-0.15, -0.1) is 0 Å². The van der Waals surface area contributed by atoms with E-state index in [0.29, 0.717) is 12.2 Å². The minimum absolute atomic E-state index is 0.616. The number of fused-ring (bicyclic) bond motifs is 2. The first-order valence-electron chi connectivity index (χ1n) is 4.94. The molecule has 1 heteroatoms. The minimum atomic E-state index is 0.616. The molecule has 0 spiro atoms. The second-order valence-electron chi connectivity index (χ2n) is 3.51. The van der Waals surface area contributed by atoms with Gasteiger partial charge in [0.2, 0.25) is 0 Å². The quantitative estimate of drug-likeness (QED) is 0.524. The number of rotatable bonds is 0. The second-order valence-corrected chi connectivity index (χ2v) is 3.51. The van der Waals surface area contributed by atoms with Gasteiger partial charge in [0, 0.05) is 0 Å². The van der Waals surface area contributed by atoms with Crippen LogP contribution in [0.3, 0.4) is 0 Å². The molecule has 0 saturated carbocycles. The zero-order valence-electron chi connectivity index (χ0n) is 8.13. The van der Waals surface area contributed by atoms with Crippen molar-refractivity contribution < 1.29 is 4.74 Å². The summed E-state index contributed by atoms with van der Waals surface area (Å²) in [5.74, 6) is 1.65. The molecule has 0 aromatic heterocycles. The highest BCUT2D eigenvalue weighted by Gasteiger charge is 2.43. The van der Waals surface area contributed by atoms with Crippen molar-refractivity contribution in [2.24, 2.45) is 11.8 Å². The molecular weight excluding hydrogens is 136 g/mol. The molecule has 2 fully saturated rings. The Balaban J connectivity index is 0.000000281. The third kappa shape index (κ3) is 1.44. The van der Waals surface area contributed by atoms with Gasteiger partial charge >= 0.3 is 0 Å². The first-order valence-corrected chi connectivity index (χ1v) is 4.94. The molecule has 11 heavy (non-hydrogen) atoms. The van der Waals surface area contributed by atoms with Crippen LogP contribution in [0.5, 0.6) is 0 Å². The highest BCUT2D eigenvalue weighted by Crippen LogP contribution is 2.42. The summed E-state index contributed by atoms with van der Waals surface area (Å²) in [6.45, 7) is 8.63. The van der Waals surface area contributed by atoms with Crippen LogP contribution in [0, 0.1) is 11.8 Å². The fourth-order valence-electron chi connectivity index (χ4n) is 2.14. The molecule has 1 nitrogen and oxygen atoms in total. The zero-order chi connectivity index (χ0) is 8.43. The lowest BCUT2D eigenvalue weighted by atomic mass is 9.82. The van der Waals surface area contributed by atoms with Crippen LogP contribution in [0.4, 0.5) is 0 Å². The lowest BCUT2D eigenvalue weighted by Gasteiger charge is -2.19. The first kappa shape index (κ1) is 9.05. The summed E-state index contributed by atoms with van der Waals surface area (Å²) in [5, 5.41) is 0. The molecule has 2 bridgehead atoms. The molecule has 0 amide bonds. The predicted molar refractivity (Wildman–Crippen MR) is 47.6 cm³/mol. The maximum absolute atomic E-state index is 5.70. The largest absolute Gasteiger partial charge is 0.374 e. The molecule has 4 unspecified atom stereocenters. The van der Waals surface area contributed by atoms with Gasteiger partial charge in [-0.3, -0.25) is 0 Å². The lowest BCUT2D eigenvalue weighted by Crippen LogP contribution is -2.21. The van der Waals surface area contributed by atoms with E-state index >= 15 is 0 Å². The Morgan fingerprint density at radius 1 is 0.909 bits per heavy atom. The van der Waals surface area contributed by atoms with Crippen molar-refractivity contribution in [1.29, 1.82) is 0 Å². The van der Waals surface area contributed by atoms with E-state index < -0.39 is 0 Å². The van der Waals surface area contributed by atoms with Crippen LogP contribution in [0.15, 0.2) is 0 Å². The van der Waals surface area contributed by atoms with Crippen molar-refractivity contribution in [3.8, 4) is 0 Å². The smallest absolute Gasteiger partial charge is 0.0609 e. The van der Waals surface area contributed by atoms with Gasteiger partial charge in [-0.05, 0) is 24.7 Å². The van der Waals surface area contributed by atoms with Crippen molar-refractivity contribution in [2.75, 3.05) is 0 Å². The first-order chi connectivity index (χ1) is 5.29. The van der Waals surface area contributed by atoms with Crippen molar-refractivity contribution in [1.82, 2.24) is 0 Å². The maximum atomic E-state index is 5.70. The normalized spacial score (nSPS) is 46.9. The van der Waals surface area contributed by atoms with Gasteiger partial charge in [0.1, 0.15) is 0 Å². The molecule has 2 saturated heterocycles. The van der Waals surface area contributed by atoms with Gasteiger partial charge in [0.05, 0.1) is 12.2 Å². The molecule has 4 atom stereocenters. The predicted octanol–water partition coefficient (Wildman–Crippen LogP) is 2.85. The zero-order valence-corrected chi connectivity index (χ0v) is 8.13. The highest BCUT2D eigenvalue weighted by molar-refractivity contribution is 4.91. The summed E-state index contributed by atoms with van der Waals surface area (Å²) in [5.41, 5.74) is 0. The van der Waals surface area contributed by atoms with E-state index in [1.807, 2.05) is 13.8 Å². The minimum Gasteiger partial charge on any atom is -0.374 e. The van der Waals surface area contributed by atoms with Crippen LogP contribution in [0.2, 0.25) is 0 Å². The molecule has 2 aliphatic heterocycles. The van der Waals surface area contributed by atoms with E-state index in [1.54, 1.807) is 0 Å². The van der Waals surface area contributed by atoms with Crippen molar-refractivity contribution in [3.63, 3.8) is 0 Å². The van der Waals surface area contributed by atoms with Gasteiger partial charge in [-0.2, -0.15) is 0 Å². The number of ether oxygens (including phenoxy) is 1. The summed E-state index contributed by atoms with van der Waals surface area (Å²) in [6.07, 6.45) is 3.86. The fourth-order valence-corrected chi connectivity index (χ4v) is 2.14. The van der Waals surface area contributed by atoms with Crippen LogP contribution >= 0.6 is 0 Å². The Kier molecular flexibility index (Phi) is 2.94. The summed E-state index contributed by atoms with van der Waals surface area (Å²) in [6, 6.07) is 0. The third-order valence-corrected chi connectivity index (χ3v) is 3.09. The van der Waals surface area contributed by atoms with E-state index in [9.17, 15) is 0 Å². The van der Waals surface area contributed by atoms with E-state index in [-0.39, 0.29) is 0 Å².